The number of aromatic nitrogens is 5. The van der Waals surface area contributed by atoms with E-state index in [1.165, 1.54) is 7.11 Å². The standard InChI is InChI=1S/C20H25N7O2/c1-11-16-13(18(28)24-25-19-21-9-8-15(23-19)29-5)10-14(12-6-7-12)22-17(16)27(26-11)20(2,3)4/h8-10,12H,6-7H2,1-5H3,(H,24,28)(H,21,23,25). The quantitative estimate of drug-likeness (QED) is 0.640. The maximum Gasteiger partial charge on any atom is 0.270 e. The van der Waals surface area contributed by atoms with Crippen molar-refractivity contribution >= 4 is 22.9 Å². The molecule has 1 aliphatic carbocycles. The topological polar surface area (TPSA) is 107 Å². The zero-order valence-electron chi connectivity index (χ0n) is 17.3. The van der Waals surface area contributed by atoms with Crippen molar-refractivity contribution in [2.45, 2.75) is 52.0 Å². The predicted octanol–water partition coefficient (Wildman–Crippen LogP) is 2.93. The summed E-state index contributed by atoms with van der Waals surface area (Å²) < 4.78 is 6.98. The lowest BCUT2D eigenvalue weighted by Gasteiger charge is -2.20. The van der Waals surface area contributed by atoms with Gasteiger partial charge < -0.3 is 4.74 Å². The summed E-state index contributed by atoms with van der Waals surface area (Å²) in [6, 6.07) is 3.51. The monoisotopic (exact) mass is 395 g/mol. The highest BCUT2D eigenvalue weighted by atomic mass is 16.5. The van der Waals surface area contributed by atoms with Crippen molar-refractivity contribution in [1.29, 1.82) is 0 Å². The van der Waals surface area contributed by atoms with Crippen molar-refractivity contribution in [3.8, 4) is 5.88 Å². The molecule has 0 aromatic carbocycles. The summed E-state index contributed by atoms with van der Waals surface area (Å²) in [6.07, 6.45) is 3.74. The molecule has 0 bridgehead atoms. The van der Waals surface area contributed by atoms with Crippen LogP contribution < -0.4 is 15.6 Å². The molecule has 3 aromatic rings. The highest BCUT2D eigenvalue weighted by molar-refractivity contribution is 6.07. The van der Waals surface area contributed by atoms with Crippen molar-refractivity contribution < 1.29 is 9.53 Å². The first-order valence-corrected chi connectivity index (χ1v) is 9.62. The van der Waals surface area contributed by atoms with Gasteiger partial charge in [0.15, 0.2) is 5.65 Å². The van der Waals surface area contributed by atoms with Crippen LogP contribution in [0.4, 0.5) is 5.95 Å². The number of hydrogen-bond acceptors (Lipinski definition) is 7. The molecule has 0 saturated heterocycles. The van der Waals surface area contributed by atoms with Crippen LogP contribution in [0.15, 0.2) is 18.3 Å². The van der Waals surface area contributed by atoms with E-state index in [4.69, 9.17) is 9.72 Å². The van der Waals surface area contributed by atoms with Crippen LogP contribution in [0.3, 0.4) is 0 Å². The van der Waals surface area contributed by atoms with Gasteiger partial charge in [-0.1, -0.05) is 0 Å². The Balaban J connectivity index is 1.71. The Morgan fingerprint density at radius 2 is 2.03 bits per heavy atom. The van der Waals surface area contributed by atoms with Crippen LogP contribution in [-0.4, -0.2) is 37.7 Å². The first-order valence-electron chi connectivity index (χ1n) is 9.62. The molecule has 29 heavy (non-hydrogen) atoms. The molecule has 0 unspecified atom stereocenters. The summed E-state index contributed by atoms with van der Waals surface area (Å²) in [4.78, 5) is 26.2. The largest absolute Gasteiger partial charge is 0.481 e. The van der Waals surface area contributed by atoms with E-state index in [2.05, 4.69) is 46.7 Å². The van der Waals surface area contributed by atoms with Gasteiger partial charge >= 0.3 is 0 Å². The maximum absolute atomic E-state index is 13.1. The number of ether oxygens (including phenoxy) is 1. The summed E-state index contributed by atoms with van der Waals surface area (Å²) in [7, 11) is 1.52. The predicted molar refractivity (Wildman–Crippen MR) is 109 cm³/mol. The second-order valence-corrected chi connectivity index (χ2v) is 8.24. The number of carbonyl (C=O) groups is 1. The molecular formula is C20H25N7O2. The van der Waals surface area contributed by atoms with Crippen LogP contribution in [0.2, 0.25) is 0 Å². The number of amides is 1. The SMILES string of the molecule is COc1ccnc(NNC(=O)c2cc(C3CC3)nc3c2c(C)nn3C(C)(C)C)n1. The van der Waals surface area contributed by atoms with Gasteiger partial charge in [-0.25, -0.2) is 14.6 Å². The molecule has 152 valence electrons. The molecule has 4 rings (SSSR count). The van der Waals surface area contributed by atoms with Crippen LogP contribution >= 0.6 is 0 Å². The van der Waals surface area contributed by atoms with E-state index in [9.17, 15) is 4.79 Å². The number of nitrogens with one attached hydrogen (secondary N) is 2. The lowest BCUT2D eigenvalue weighted by molar-refractivity contribution is 0.0963. The zero-order valence-corrected chi connectivity index (χ0v) is 17.3. The molecule has 0 spiro atoms. The second-order valence-electron chi connectivity index (χ2n) is 8.24. The van der Waals surface area contributed by atoms with Gasteiger partial charge in [0.25, 0.3) is 5.91 Å². The lowest BCUT2D eigenvalue weighted by atomic mass is 10.1. The Morgan fingerprint density at radius 1 is 1.28 bits per heavy atom. The van der Waals surface area contributed by atoms with Crippen molar-refractivity contribution in [2.24, 2.45) is 0 Å². The highest BCUT2D eigenvalue weighted by Gasteiger charge is 2.30. The molecule has 2 N–H and O–H groups in total. The number of hydrazine groups is 1. The molecule has 3 heterocycles. The van der Waals surface area contributed by atoms with Crippen LogP contribution in [0.5, 0.6) is 5.88 Å². The summed E-state index contributed by atoms with van der Waals surface area (Å²) >= 11 is 0. The van der Waals surface area contributed by atoms with E-state index in [0.29, 0.717) is 17.4 Å². The normalized spacial score (nSPS) is 14.1. The molecular weight excluding hydrogens is 370 g/mol. The van der Waals surface area contributed by atoms with Gasteiger partial charge in [0, 0.05) is 23.9 Å². The third-order valence-corrected chi connectivity index (χ3v) is 4.84. The van der Waals surface area contributed by atoms with E-state index in [1.807, 2.05) is 17.7 Å². The second kappa shape index (κ2) is 6.98. The van der Waals surface area contributed by atoms with Gasteiger partial charge in [-0.15, -0.1) is 0 Å². The van der Waals surface area contributed by atoms with Crippen molar-refractivity contribution in [3.05, 3.63) is 35.3 Å². The maximum atomic E-state index is 13.1. The van der Waals surface area contributed by atoms with Gasteiger partial charge in [-0.2, -0.15) is 10.1 Å². The number of rotatable bonds is 5. The molecule has 9 heteroatoms. The van der Waals surface area contributed by atoms with Crippen LogP contribution in [-0.2, 0) is 5.54 Å². The van der Waals surface area contributed by atoms with E-state index in [1.54, 1.807) is 12.3 Å². The van der Waals surface area contributed by atoms with E-state index in [0.717, 1.165) is 35.3 Å². The van der Waals surface area contributed by atoms with Crippen LogP contribution in [0.25, 0.3) is 11.0 Å². The fraction of sp³-hybridized carbons (Fsp3) is 0.450. The summed E-state index contributed by atoms with van der Waals surface area (Å²) in [5, 5.41) is 5.44. The van der Waals surface area contributed by atoms with E-state index in [-0.39, 0.29) is 17.4 Å². The fourth-order valence-corrected chi connectivity index (χ4v) is 3.24. The molecule has 0 radical (unpaired) electrons. The third kappa shape index (κ3) is 3.72. The summed E-state index contributed by atoms with van der Waals surface area (Å²) in [5.74, 6) is 0.764. The smallest absolute Gasteiger partial charge is 0.270 e. The third-order valence-electron chi connectivity index (χ3n) is 4.84. The van der Waals surface area contributed by atoms with Gasteiger partial charge in [0.2, 0.25) is 11.8 Å². The zero-order chi connectivity index (χ0) is 20.8. The van der Waals surface area contributed by atoms with Crippen LogP contribution in [0, 0.1) is 6.92 Å². The Kier molecular flexibility index (Phi) is 4.60. The number of anilines is 1. The van der Waals surface area contributed by atoms with Crippen LogP contribution in [0.1, 0.15) is 61.3 Å². The number of carbonyl (C=O) groups excluding carboxylic acids is 1. The van der Waals surface area contributed by atoms with Crippen molar-refractivity contribution in [2.75, 3.05) is 12.5 Å². The number of nitrogens with zero attached hydrogens (tertiary/aromatic N) is 5. The number of fused-ring (bicyclic) bond motifs is 1. The average molecular weight is 395 g/mol. The number of pyridine rings is 1. The minimum absolute atomic E-state index is 0.243. The molecule has 0 atom stereocenters. The number of hydrogen-bond donors (Lipinski definition) is 2. The van der Waals surface area contributed by atoms with Crippen molar-refractivity contribution in [1.82, 2.24) is 30.2 Å². The van der Waals surface area contributed by atoms with Gasteiger partial charge in [-0.3, -0.25) is 15.6 Å². The van der Waals surface area contributed by atoms with Gasteiger partial charge in [-0.05, 0) is 46.6 Å². The summed E-state index contributed by atoms with van der Waals surface area (Å²) in [5.41, 5.74) is 8.18. The van der Waals surface area contributed by atoms with E-state index >= 15 is 0 Å². The fourth-order valence-electron chi connectivity index (χ4n) is 3.24. The summed E-state index contributed by atoms with van der Waals surface area (Å²) in [6.45, 7) is 8.13. The molecule has 1 saturated carbocycles. The first-order chi connectivity index (χ1) is 13.8. The molecule has 0 aliphatic heterocycles. The lowest BCUT2D eigenvalue weighted by Crippen LogP contribution is -2.31. The molecule has 1 fully saturated rings. The minimum Gasteiger partial charge on any atom is -0.481 e. The Hall–Kier alpha value is -3.23. The molecule has 3 aromatic heterocycles. The molecule has 1 aliphatic rings. The number of methoxy groups -OCH3 is 1. The first kappa shape index (κ1) is 19.1. The van der Waals surface area contributed by atoms with Crippen molar-refractivity contribution in [3.63, 3.8) is 0 Å². The highest BCUT2D eigenvalue weighted by Crippen LogP contribution is 2.40. The number of aryl methyl sites for hydroxylation is 1. The Bertz CT molecular complexity index is 1080. The minimum atomic E-state index is -0.290. The van der Waals surface area contributed by atoms with E-state index < -0.39 is 0 Å². The van der Waals surface area contributed by atoms with Gasteiger partial charge in [0.1, 0.15) is 0 Å². The molecule has 1 amide bonds. The van der Waals surface area contributed by atoms with Gasteiger partial charge in [0.05, 0.1) is 29.3 Å². The average Bonchev–Trinajstić information content (AvgIpc) is 3.48. The Morgan fingerprint density at radius 3 is 2.69 bits per heavy atom. The Labute approximate surface area is 168 Å². The molecule has 9 nitrogen and oxygen atoms in total.